The van der Waals surface area contributed by atoms with Crippen LogP contribution in [-0.4, -0.2) is 14.4 Å². The molecule has 0 saturated carbocycles. The van der Waals surface area contributed by atoms with E-state index in [-0.39, 0.29) is 0 Å². The molecule has 0 aliphatic rings. The van der Waals surface area contributed by atoms with Crippen LogP contribution in [0.4, 0.5) is 17.3 Å². The number of ether oxygens (including phenoxy) is 1. The fourth-order valence-corrected chi connectivity index (χ4v) is 2.21. The van der Waals surface area contributed by atoms with Crippen molar-refractivity contribution in [2.75, 3.05) is 7.11 Å². The van der Waals surface area contributed by atoms with Crippen LogP contribution in [0.1, 0.15) is 22.6 Å². The molecule has 1 aromatic carbocycles. The SMILES string of the molecule is COc1ccc(-c2c(C)c(C)[o+]c(C)c2C)cc1.F[B-](F)(F)F. The van der Waals surface area contributed by atoms with Gasteiger partial charge in [-0.2, -0.15) is 0 Å². The Hall–Kier alpha value is -2.05. The molecule has 126 valence electrons. The van der Waals surface area contributed by atoms with Crippen molar-refractivity contribution in [3.8, 4) is 16.9 Å². The Kier molecular flexibility index (Phi) is 6.18. The van der Waals surface area contributed by atoms with Gasteiger partial charge in [0.05, 0.1) is 32.1 Å². The largest absolute Gasteiger partial charge is 0.673 e. The summed E-state index contributed by atoms with van der Waals surface area (Å²) in [6.07, 6.45) is 0. The summed E-state index contributed by atoms with van der Waals surface area (Å²) < 4.78 is 49.9. The normalized spacial score (nSPS) is 10.8. The lowest BCUT2D eigenvalue weighted by molar-refractivity contribution is 0.368. The molecule has 2 aromatic rings. The van der Waals surface area contributed by atoms with Crippen molar-refractivity contribution in [1.82, 2.24) is 0 Å². The molecule has 0 aliphatic heterocycles. The highest BCUT2D eigenvalue weighted by Gasteiger charge is 2.21. The molecule has 0 N–H and O–H groups in total. The summed E-state index contributed by atoms with van der Waals surface area (Å²) >= 11 is 0. The third kappa shape index (κ3) is 5.58. The maximum absolute atomic E-state index is 9.75. The minimum Gasteiger partial charge on any atom is -0.497 e. The second kappa shape index (κ2) is 7.48. The van der Waals surface area contributed by atoms with Gasteiger partial charge in [-0.15, -0.1) is 0 Å². The first-order valence-electron chi connectivity index (χ1n) is 6.96. The molecule has 0 saturated heterocycles. The van der Waals surface area contributed by atoms with Crippen molar-refractivity contribution in [2.24, 2.45) is 0 Å². The third-order valence-corrected chi connectivity index (χ3v) is 3.49. The van der Waals surface area contributed by atoms with Crippen LogP contribution in [0.3, 0.4) is 0 Å². The molecule has 2 rings (SSSR count). The van der Waals surface area contributed by atoms with Crippen molar-refractivity contribution >= 4 is 7.25 Å². The van der Waals surface area contributed by atoms with E-state index in [4.69, 9.17) is 9.15 Å². The summed E-state index contributed by atoms with van der Waals surface area (Å²) in [6, 6.07) is 8.16. The van der Waals surface area contributed by atoms with E-state index in [2.05, 4.69) is 26.0 Å². The van der Waals surface area contributed by atoms with Crippen LogP contribution in [0.2, 0.25) is 0 Å². The highest BCUT2D eigenvalue weighted by molar-refractivity contribution is 6.50. The molecule has 0 fully saturated rings. The Balaban J connectivity index is 0.000000463. The molecule has 0 spiro atoms. The minimum atomic E-state index is -6.00. The lowest BCUT2D eigenvalue weighted by Gasteiger charge is -2.08. The lowest BCUT2D eigenvalue weighted by Crippen LogP contribution is -2.02. The van der Waals surface area contributed by atoms with E-state index in [0.717, 1.165) is 17.3 Å². The molecular weight excluding hydrogens is 311 g/mol. The predicted octanol–water partition coefficient (Wildman–Crippen LogP) is 5.77. The van der Waals surface area contributed by atoms with Crippen LogP contribution < -0.4 is 4.74 Å². The van der Waals surface area contributed by atoms with Gasteiger partial charge < -0.3 is 22.0 Å². The summed E-state index contributed by atoms with van der Waals surface area (Å²) in [6.45, 7) is 8.22. The van der Waals surface area contributed by atoms with Gasteiger partial charge in [-0.25, -0.2) is 4.42 Å². The fraction of sp³-hybridized carbons (Fsp3) is 0.312. The summed E-state index contributed by atoms with van der Waals surface area (Å²) in [7, 11) is -4.32. The van der Waals surface area contributed by atoms with Gasteiger partial charge in [0.25, 0.3) is 0 Å². The van der Waals surface area contributed by atoms with Gasteiger partial charge in [0.2, 0.25) is 0 Å². The molecule has 23 heavy (non-hydrogen) atoms. The minimum absolute atomic E-state index is 0.878. The number of benzene rings is 1. The molecule has 0 amide bonds. The summed E-state index contributed by atoms with van der Waals surface area (Å²) in [5.41, 5.74) is 4.86. The predicted molar refractivity (Wildman–Crippen MR) is 84.2 cm³/mol. The van der Waals surface area contributed by atoms with Gasteiger partial charge in [0, 0.05) is 5.56 Å². The average molecular weight is 330 g/mol. The molecule has 7 heteroatoms. The number of rotatable bonds is 2. The quantitative estimate of drug-likeness (QED) is 0.396. The van der Waals surface area contributed by atoms with E-state index < -0.39 is 7.25 Å². The second-order valence-corrected chi connectivity index (χ2v) is 5.06. The van der Waals surface area contributed by atoms with E-state index in [0.29, 0.717) is 0 Å². The summed E-state index contributed by atoms with van der Waals surface area (Å²) in [5.74, 6) is 2.83. The van der Waals surface area contributed by atoms with Gasteiger partial charge in [-0.05, 0) is 31.5 Å². The molecule has 2 nitrogen and oxygen atoms in total. The van der Waals surface area contributed by atoms with Gasteiger partial charge in [0.1, 0.15) is 5.75 Å². The monoisotopic (exact) mass is 330 g/mol. The van der Waals surface area contributed by atoms with Gasteiger partial charge in [0.15, 0.2) is 0 Å². The van der Waals surface area contributed by atoms with Crippen LogP contribution in [0.25, 0.3) is 11.1 Å². The topological polar surface area (TPSA) is 20.5 Å². The van der Waals surface area contributed by atoms with Crippen molar-refractivity contribution in [1.29, 1.82) is 0 Å². The van der Waals surface area contributed by atoms with E-state index in [9.17, 15) is 17.3 Å². The maximum atomic E-state index is 9.75. The van der Waals surface area contributed by atoms with Crippen LogP contribution >= 0.6 is 0 Å². The van der Waals surface area contributed by atoms with Crippen molar-refractivity contribution in [2.45, 2.75) is 27.7 Å². The summed E-state index contributed by atoms with van der Waals surface area (Å²) in [4.78, 5) is 0. The molecule has 0 aliphatic carbocycles. The third-order valence-electron chi connectivity index (χ3n) is 3.49. The number of aryl methyl sites for hydroxylation is 2. The zero-order valence-electron chi connectivity index (χ0n) is 13.7. The van der Waals surface area contributed by atoms with E-state index in [1.54, 1.807) is 7.11 Å². The molecule has 1 heterocycles. The molecule has 1 aromatic heterocycles. The van der Waals surface area contributed by atoms with Crippen LogP contribution in [0, 0.1) is 27.7 Å². The smallest absolute Gasteiger partial charge is 0.497 e. The van der Waals surface area contributed by atoms with Gasteiger partial charge in [-0.3, -0.25) is 0 Å². The van der Waals surface area contributed by atoms with E-state index in [1.807, 2.05) is 26.0 Å². The molecular formula is C16H19BF4O2. The number of hydrogen-bond donors (Lipinski definition) is 0. The fourth-order valence-electron chi connectivity index (χ4n) is 2.21. The zero-order valence-corrected chi connectivity index (χ0v) is 13.7. The average Bonchev–Trinajstić information content (AvgIpc) is 2.44. The lowest BCUT2D eigenvalue weighted by atomic mass is 9.95. The highest BCUT2D eigenvalue weighted by atomic mass is 19.5. The highest BCUT2D eigenvalue weighted by Crippen LogP contribution is 2.32. The Morgan fingerprint density at radius 3 is 1.57 bits per heavy atom. The van der Waals surface area contributed by atoms with E-state index in [1.165, 1.54) is 22.3 Å². The van der Waals surface area contributed by atoms with Crippen LogP contribution in [-0.2, 0) is 0 Å². The molecule has 0 radical (unpaired) electrons. The van der Waals surface area contributed by atoms with Crippen LogP contribution in [0.15, 0.2) is 28.7 Å². The number of halogens is 4. The number of methoxy groups -OCH3 is 1. The van der Waals surface area contributed by atoms with Gasteiger partial charge >= 0.3 is 18.8 Å². The molecule has 0 bridgehead atoms. The Morgan fingerprint density at radius 2 is 1.22 bits per heavy atom. The van der Waals surface area contributed by atoms with Gasteiger partial charge in [-0.1, -0.05) is 12.1 Å². The first-order valence-corrected chi connectivity index (χ1v) is 6.96. The van der Waals surface area contributed by atoms with E-state index >= 15 is 0 Å². The summed E-state index contributed by atoms with van der Waals surface area (Å²) in [5, 5.41) is 0. The van der Waals surface area contributed by atoms with Crippen molar-refractivity contribution < 1.29 is 26.4 Å². The standard InChI is InChI=1S/C16H19O2.BF4/c1-10-12(3)18-13(4)11(2)16(10)14-6-8-15(17-5)9-7-14;2-1(3,4)5/h6-9H,1-5H3;/q+1;-1. The second-order valence-electron chi connectivity index (χ2n) is 5.06. The van der Waals surface area contributed by atoms with Crippen molar-refractivity contribution in [3.05, 3.63) is 46.9 Å². The Labute approximate surface area is 133 Å². The Morgan fingerprint density at radius 1 is 0.826 bits per heavy atom. The zero-order chi connectivity index (χ0) is 17.8. The first kappa shape index (κ1) is 19.0. The molecule has 0 unspecified atom stereocenters. The van der Waals surface area contributed by atoms with Crippen molar-refractivity contribution in [3.63, 3.8) is 0 Å². The van der Waals surface area contributed by atoms with Crippen LogP contribution in [0.5, 0.6) is 5.75 Å². The molecule has 0 atom stereocenters. The number of hydrogen-bond acceptors (Lipinski definition) is 1. The Bertz CT molecular complexity index is 635. The maximum Gasteiger partial charge on any atom is 0.673 e. The first-order chi connectivity index (χ1) is 10.5.